The molecule has 1 atom stereocenters. The van der Waals surface area contributed by atoms with Crippen LogP contribution in [0.1, 0.15) is 16.8 Å². The van der Waals surface area contributed by atoms with Gasteiger partial charge >= 0.3 is 0 Å². The molecule has 2 amide bonds. The van der Waals surface area contributed by atoms with Gasteiger partial charge in [0.05, 0.1) is 32.3 Å². The molecule has 8 nitrogen and oxygen atoms in total. The Balaban J connectivity index is 1.94. The van der Waals surface area contributed by atoms with Crippen LogP contribution < -0.4 is 14.8 Å². The molecule has 0 spiro atoms. The van der Waals surface area contributed by atoms with Gasteiger partial charge in [-0.2, -0.15) is 0 Å². The van der Waals surface area contributed by atoms with E-state index in [0.29, 0.717) is 23.5 Å². The van der Waals surface area contributed by atoms with Crippen LogP contribution in [0.2, 0.25) is 0 Å². The Morgan fingerprint density at radius 1 is 1.24 bits per heavy atom. The van der Waals surface area contributed by atoms with Gasteiger partial charge in [0.1, 0.15) is 0 Å². The lowest BCUT2D eigenvalue weighted by atomic mass is 10.2. The molecule has 9 heteroatoms. The lowest BCUT2D eigenvalue weighted by molar-refractivity contribution is -0.130. The molecule has 0 aromatic heterocycles. The van der Waals surface area contributed by atoms with Crippen LogP contribution in [0.25, 0.3) is 0 Å². The fourth-order valence-corrected chi connectivity index (χ4v) is 4.42. The lowest BCUT2D eigenvalue weighted by Crippen LogP contribution is -2.43. The first kappa shape index (κ1) is 19.0. The van der Waals surface area contributed by atoms with Gasteiger partial charge in [0.25, 0.3) is 5.91 Å². The van der Waals surface area contributed by atoms with Crippen LogP contribution in [0, 0.1) is 0 Å². The van der Waals surface area contributed by atoms with E-state index < -0.39 is 15.7 Å². The standard InChI is InChI=1S/C16H22N2O6S/c1-18(12-6-7-25(21,22)10-12)15(19)9-17-16(20)11-4-5-13(23-2)14(8-11)24-3/h4-5,8,12H,6-7,9-10H2,1-3H3,(H,17,20). The molecule has 1 aliphatic rings. The Kier molecular flexibility index (Phi) is 5.89. The SMILES string of the molecule is COc1ccc(C(=O)NCC(=O)N(C)C2CCS(=O)(=O)C2)cc1OC. The van der Waals surface area contributed by atoms with Crippen molar-refractivity contribution >= 4 is 21.7 Å². The monoisotopic (exact) mass is 370 g/mol. The highest BCUT2D eigenvalue weighted by Crippen LogP contribution is 2.27. The van der Waals surface area contributed by atoms with Crippen LogP contribution in [0.15, 0.2) is 18.2 Å². The van der Waals surface area contributed by atoms with E-state index >= 15 is 0 Å². The molecule has 1 fully saturated rings. The van der Waals surface area contributed by atoms with Crippen LogP contribution >= 0.6 is 0 Å². The number of likely N-dealkylation sites (N-methyl/N-ethyl adjacent to an activating group) is 1. The van der Waals surface area contributed by atoms with Gasteiger partial charge in [0, 0.05) is 18.7 Å². The highest BCUT2D eigenvalue weighted by atomic mass is 32.2. The molecule has 1 unspecified atom stereocenters. The molecular formula is C16H22N2O6S. The average molecular weight is 370 g/mol. The summed E-state index contributed by atoms with van der Waals surface area (Å²) in [5, 5.41) is 2.54. The van der Waals surface area contributed by atoms with Gasteiger partial charge in [-0.25, -0.2) is 8.42 Å². The van der Waals surface area contributed by atoms with E-state index in [4.69, 9.17) is 9.47 Å². The first-order chi connectivity index (χ1) is 11.8. The van der Waals surface area contributed by atoms with Crippen LogP contribution in [-0.4, -0.2) is 70.5 Å². The molecule has 0 bridgehead atoms. The number of nitrogens with one attached hydrogen (secondary N) is 1. The van der Waals surface area contributed by atoms with Crippen LogP contribution in [0.5, 0.6) is 11.5 Å². The van der Waals surface area contributed by atoms with Crippen molar-refractivity contribution in [1.29, 1.82) is 0 Å². The Morgan fingerprint density at radius 3 is 2.48 bits per heavy atom. The summed E-state index contributed by atoms with van der Waals surface area (Å²) in [6.07, 6.45) is 0.425. The van der Waals surface area contributed by atoms with Crippen molar-refractivity contribution in [2.24, 2.45) is 0 Å². The summed E-state index contributed by atoms with van der Waals surface area (Å²) in [7, 11) is 1.44. The number of carbonyl (C=O) groups excluding carboxylic acids is 2. The normalized spacial score (nSPS) is 18.4. The highest BCUT2D eigenvalue weighted by Gasteiger charge is 2.32. The van der Waals surface area contributed by atoms with E-state index in [1.54, 1.807) is 19.2 Å². The second-order valence-electron chi connectivity index (χ2n) is 5.81. The molecule has 1 aliphatic heterocycles. The Labute approximate surface area is 147 Å². The zero-order valence-corrected chi connectivity index (χ0v) is 15.3. The van der Waals surface area contributed by atoms with E-state index in [9.17, 15) is 18.0 Å². The molecule has 2 rings (SSSR count). The third-order valence-corrected chi connectivity index (χ3v) is 5.95. The van der Waals surface area contributed by atoms with Gasteiger partial charge in [0.2, 0.25) is 5.91 Å². The van der Waals surface area contributed by atoms with Crippen LogP contribution in [0.4, 0.5) is 0 Å². The van der Waals surface area contributed by atoms with E-state index in [2.05, 4.69) is 5.32 Å². The highest BCUT2D eigenvalue weighted by molar-refractivity contribution is 7.91. The predicted molar refractivity (Wildman–Crippen MR) is 91.7 cm³/mol. The number of sulfone groups is 1. The molecule has 1 aromatic carbocycles. The first-order valence-corrected chi connectivity index (χ1v) is 9.56. The zero-order chi connectivity index (χ0) is 18.6. The third-order valence-electron chi connectivity index (χ3n) is 4.20. The average Bonchev–Trinajstić information content (AvgIpc) is 2.97. The Morgan fingerprint density at radius 2 is 1.92 bits per heavy atom. The zero-order valence-electron chi connectivity index (χ0n) is 14.4. The molecule has 25 heavy (non-hydrogen) atoms. The number of rotatable bonds is 6. The minimum Gasteiger partial charge on any atom is -0.493 e. The summed E-state index contributed by atoms with van der Waals surface area (Å²) in [6, 6.07) is 4.35. The fraction of sp³-hybridized carbons (Fsp3) is 0.500. The summed E-state index contributed by atoms with van der Waals surface area (Å²) in [5.41, 5.74) is 0.330. The molecule has 0 saturated carbocycles. The molecule has 1 aromatic rings. The van der Waals surface area contributed by atoms with E-state index in [-0.39, 0.29) is 30.0 Å². The molecular weight excluding hydrogens is 348 g/mol. The van der Waals surface area contributed by atoms with Crippen molar-refractivity contribution < 1.29 is 27.5 Å². The maximum atomic E-state index is 12.2. The number of carbonyl (C=O) groups is 2. The second-order valence-corrected chi connectivity index (χ2v) is 8.04. The largest absolute Gasteiger partial charge is 0.493 e. The number of hydrogen-bond acceptors (Lipinski definition) is 6. The molecule has 1 heterocycles. The van der Waals surface area contributed by atoms with E-state index in [1.165, 1.54) is 25.2 Å². The molecule has 138 valence electrons. The number of hydrogen-bond donors (Lipinski definition) is 1. The van der Waals surface area contributed by atoms with Gasteiger partial charge < -0.3 is 19.7 Å². The van der Waals surface area contributed by atoms with Gasteiger partial charge in [-0.05, 0) is 24.6 Å². The minimum absolute atomic E-state index is 0.0289. The van der Waals surface area contributed by atoms with Crippen LogP contribution in [-0.2, 0) is 14.6 Å². The Bertz CT molecular complexity index is 762. The van der Waals surface area contributed by atoms with Gasteiger partial charge in [-0.3, -0.25) is 9.59 Å². The molecule has 0 radical (unpaired) electrons. The maximum Gasteiger partial charge on any atom is 0.251 e. The number of nitrogens with zero attached hydrogens (tertiary/aromatic N) is 1. The lowest BCUT2D eigenvalue weighted by Gasteiger charge is -2.23. The molecule has 1 saturated heterocycles. The molecule has 0 aliphatic carbocycles. The number of ether oxygens (including phenoxy) is 2. The summed E-state index contributed by atoms with van der Waals surface area (Å²) >= 11 is 0. The third kappa shape index (κ3) is 4.62. The summed E-state index contributed by atoms with van der Waals surface area (Å²) in [5.74, 6) is 0.205. The summed E-state index contributed by atoms with van der Waals surface area (Å²) in [4.78, 5) is 25.8. The predicted octanol–water partition coefficient (Wildman–Crippen LogP) is 0.0791. The van der Waals surface area contributed by atoms with Crippen molar-refractivity contribution in [3.8, 4) is 11.5 Å². The van der Waals surface area contributed by atoms with Gasteiger partial charge in [-0.15, -0.1) is 0 Å². The maximum absolute atomic E-state index is 12.2. The van der Waals surface area contributed by atoms with Crippen molar-refractivity contribution in [2.75, 3.05) is 39.3 Å². The minimum atomic E-state index is -3.07. The van der Waals surface area contributed by atoms with E-state index in [1.807, 2.05) is 0 Å². The van der Waals surface area contributed by atoms with Crippen molar-refractivity contribution in [3.05, 3.63) is 23.8 Å². The van der Waals surface area contributed by atoms with Crippen molar-refractivity contribution in [2.45, 2.75) is 12.5 Å². The van der Waals surface area contributed by atoms with Gasteiger partial charge in [0.15, 0.2) is 21.3 Å². The summed E-state index contributed by atoms with van der Waals surface area (Å²) < 4.78 is 33.3. The fourth-order valence-electron chi connectivity index (χ4n) is 2.64. The van der Waals surface area contributed by atoms with Crippen molar-refractivity contribution in [3.63, 3.8) is 0 Å². The summed E-state index contributed by atoms with van der Waals surface area (Å²) in [6.45, 7) is -0.208. The smallest absolute Gasteiger partial charge is 0.251 e. The number of methoxy groups -OCH3 is 2. The quantitative estimate of drug-likeness (QED) is 0.761. The topological polar surface area (TPSA) is 102 Å². The second kappa shape index (κ2) is 7.73. The van der Waals surface area contributed by atoms with E-state index in [0.717, 1.165) is 0 Å². The number of benzene rings is 1. The molecule has 1 N–H and O–H groups in total. The first-order valence-electron chi connectivity index (χ1n) is 7.73. The number of amides is 2. The van der Waals surface area contributed by atoms with Crippen LogP contribution in [0.3, 0.4) is 0 Å². The van der Waals surface area contributed by atoms with Gasteiger partial charge in [-0.1, -0.05) is 0 Å². The Hall–Kier alpha value is -2.29. The van der Waals surface area contributed by atoms with Crippen molar-refractivity contribution in [1.82, 2.24) is 10.2 Å².